The van der Waals surface area contributed by atoms with Gasteiger partial charge in [-0.1, -0.05) is 25.7 Å². The van der Waals surface area contributed by atoms with Crippen molar-refractivity contribution in [2.45, 2.75) is 69.7 Å². The molecular formula is C19H32BrN3O5SSi. The maximum absolute atomic E-state index is 12.8. The highest BCUT2D eigenvalue weighted by Crippen LogP contribution is 2.28. The minimum Gasteiger partial charge on any atom is -0.479 e. The van der Waals surface area contributed by atoms with Gasteiger partial charge in [-0.15, -0.1) is 0 Å². The Morgan fingerprint density at radius 2 is 1.87 bits per heavy atom. The maximum Gasteiger partial charge on any atom is 0.408 e. The van der Waals surface area contributed by atoms with Crippen molar-refractivity contribution in [2.24, 2.45) is 0 Å². The summed E-state index contributed by atoms with van der Waals surface area (Å²) in [5, 5.41) is 12.5. The molecule has 30 heavy (non-hydrogen) atoms. The molecule has 0 spiro atoms. The Morgan fingerprint density at radius 1 is 1.27 bits per heavy atom. The number of rotatable bonds is 9. The first-order chi connectivity index (χ1) is 13.6. The number of aliphatic carboxylic acids is 1. The highest BCUT2D eigenvalue weighted by molar-refractivity contribution is 9.10. The molecule has 0 fully saturated rings. The van der Waals surface area contributed by atoms with E-state index >= 15 is 0 Å². The zero-order valence-corrected chi connectivity index (χ0v) is 21.9. The molecule has 0 unspecified atom stereocenters. The zero-order valence-electron chi connectivity index (χ0n) is 18.5. The van der Waals surface area contributed by atoms with Gasteiger partial charge in [0.25, 0.3) is 0 Å². The number of halogens is 1. The summed E-state index contributed by atoms with van der Waals surface area (Å²) in [6, 6.07) is 4.67. The third-order valence-electron chi connectivity index (χ3n) is 4.28. The Bertz CT molecular complexity index is 797. The lowest BCUT2D eigenvalue weighted by Crippen LogP contribution is -2.61. The molecule has 1 rings (SSSR count). The first-order valence-corrected chi connectivity index (χ1v) is 15.2. The molecule has 0 saturated heterocycles. The number of hydrogen-bond donors (Lipinski definition) is 3. The number of nitrogens with zero attached hydrogens (tertiary/aromatic N) is 1. The minimum atomic E-state index is -1.87. The molecule has 3 N–H and O–H groups in total. The molecule has 8 nitrogen and oxygen atoms in total. The van der Waals surface area contributed by atoms with Crippen LogP contribution in [0.2, 0.25) is 25.7 Å². The quantitative estimate of drug-likeness (QED) is 0.335. The second-order valence-electron chi connectivity index (χ2n) is 9.40. The smallest absolute Gasteiger partial charge is 0.408 e. The van der Waals surface area contributed by atoms with E-state index < -0.39 is 47.4 Å². The number of carboxylic acids is 1. The average molecular weight is 523 g/mol. The first kappa shape index (κ1) is 26.7. The third-order valence-corrected chi connectivity index (χ3v) is 7.99. The van der Waals surface area contributed by atoms with Crippen molar-refractivity contribution in [3.63, 3.8) is 0 Å². The van der Waals surface area contributed by atoms with E-state index in [2.05, 4.69) is 50.6 Å². The summed E-state index contributed by atoms with van der Waals surface area (Å²) in [5.41, 5.74) is -1.56. The van der Waals surface area contributed by atoms with E-state index in [-0.39, 0.29) is 6.61 Å². The molecule has 0 aliphatic rings. The molecule has 0 aliphatic carbocycles. The lowest BCUT2D eigenvalue weighted by atomic mass is 9.90. The normalized spacial score (nSPS) is 16.3. The number of carboxylic acid groups (broad SMARTS) is 1. The number of pyridine rings is 1. The van der Waals surface area contributed by atoms with E-state index in [1.165, 1.54) is 6.92 Å². The van der Waals surface area contributed by atoms with E-state index in [1.54, 1.807) is 39.0 Å². The van der Waals surface area contributed by atoms with Crippen molar-refractivity contribution in [2.75, 3.05) is 6.61 Å². The summed E-state index contributed by atoms with van der Waals surface area (Å²) >= 11 is 3.27. The molecule has 3 atom stereocenters. The molecule has 1 amide bonds. The van der Waals surface area contributed by atoms with Crippen molar-refractivity contribution < 1.29 is 23.6 Å². The number of amides is 1. The van der Waals surface area contributed by atoms with Gasteiger partial charge >= 0.3 is 12.1 Å². The maximum atomic E-state index is 12.8. The number of aromatic nitrogens is 1. The first-order valence-electron chi connectivity index (χ1n) is 9.55. The molecule has 170 valence electrons. The van der Waals surface area contributed by atoms with Crippen molar-refractivity contribution in [3.05, 3.63) is 28.5 Å². The summed E-state index contributed by atoms with van der Waals surface area (Å²) in [7, 11) is -3.04. The zero-order chi connectivity index (χ0) is 23.3. The van der Waals surface area contributed by atoms with Crippen LogP contribution in [0.15, 0.2) is 22.8 Å². The van der Waals surface area contributed by atoms with Gasteiger partial charge in [0.15, 0.2) is 5.54 Å². The van der Waals surface area contributed by atoms with Gasteiger partial charge in [-0.25, -0.2) is 23.5 Å². The second kappa shape index (κ2) is 10.3. The Hall–Kier alpha value is -1.30. The molecule has 0 aliphatic heterocycles. The fourth-order valence-electron chi connectivity index (χ4n) is 2.29. The fraction of sp³-hybridized carbons (Fsp3) is 0.632. The Balaban J connectivity index is 3.24. The minimum absolute atomic E-state index is 0.207. The molecule has 1 heterocycles. The Morgan fingerprint density at radius 3 is 2.33 bits per heavy atom. The predicted octanol–water partition coefficient (Wildman–Crippen LogP) is 3.84. The van der Waals surface area contributed by atoms with Gasteiger partial charge in [0.05, 0.1) is 34.1 Å². The van der Waals surface area contributed by atoms with Crippen LogP contribution in [0.3, 0.4) is 0 Å². The highest BCUT2D eigenvalue weighted by Gasteiger charge is 2.47. The summed E-state index contributed by atoms with van der Waals surface area (Å²) in [4.78, 5) is 29.0. The average Bonchev–Trinajstić information content (AvgIpc) is 2.56. The van der Waals surface area contributed by atoms with Crippen LogP contribution in [-0.2, 0) is 20.5 Å². The van der Waals surface area contributed by atoms with E-state index in [9.17, 15) is 18.9 Å². The van der Waals surface area contributed by atoms with Crippen LogP contribution < -0.4 is 10.0 Å². The third kappa shape index (κ3) is 8.08. The molecule has 1 aromatic rings. The number of ether oxygens (including phenoxy) is 1. The van der Waals surface area contributed by atoms with Gasteiger partial charge in [0, 0.05) is 8.07 Å². The van der Waals surface area contributed by atoms with Crippen LogP contribution in [0.4, 0.5) is 4.79 Å². The van der Waals surface area contributed by atoms with Gasteiger partial charge in [-0.05, 0) is 61.8 Å². The van der Waals surface area contributed by atoms with Gasteiger partial charge in [0.1, 0.15) is 4.60 Å². The molecule has 0 aromatic carbocycles. The van der Waals surface area contributed by atoms with Crippen LogP contribution in [0.5, 0.6) is 0 Å². The summed E-state index contributed by atoms with van der Waals surface area (Å²) in [6.07, 6.45) is -0.846. The second-order valence-corrected chi connectivity index (χ2v) is 17.8. The summed E-state index contributed by atoms with van der Waals surface area (Å²) in [5.74, 6) is -1.31. The predicted molar refractivity (Wildman–Crippen MR) is 124 cm³/mol. The van der Waals surface area contributed by atoms with Crippen LogP contribution in [0, 0.1) is 0 Å². The van der Waals surface area contributed by atoms with E-state index in [4.69, 9.17) is 4.74 Å². The van der Waals surface area contributed by atoms with Gasteiger partial charge in [-0.2, -0.15) is 0 Å². The topological polar surface area (TPSA) is 118 Å². The van der Waals surface area contributed by atoms with Gasteiger partial charge in [-0.3, -0.25) is 0 Å². The van der Waals surface area contributed by atoms with E-state index in [0.29, 0.717) is 10.3 Å². The highest BCUT2D eigenvalue weighted by atomic mass is 79.9. The largest absolute Gasteiger partial charge is 0.479 e. The van der Waals surface area contributed by atoms with Crippen molar-refractivity contribution >= 4 is 47.1 Å². The molecule has 0 saturated carbocycles. The van der Waals surface area contributed by atoms with Crippen LogP contribution in [-0.4, -0.2) is 51.3 Å². The standard InChI is InChI=1S/C19H32BrN3O5SSi/c1-18(2,3)29(27)23-15(13-9-8-10-14(20)21-13)19(4,16(24)25)22-17(26)28-11-12-30(5,6)7/h8-10,15,23H,11-12H2,1-7H3,(H,22,26)(H,24,25)/t15-,19+,29+/m1/s1. The molecular weight excluding hydrogens is 490 g/mol. The SMILES string of the molecule is CC(C)(C)[S@](=O)N[C@H](c1cccc(Br)n1)[C@](C)(NC(=O)OCC[Si](C)(C)C)C(=O)O. The van der Waals surface area contributed by atoms with Crippen molar-refractivity contribution in [1.82, 2.24) is 15.0 Å². The lowest BCUT2D eigenvalue weighted by Gasteiger charge is -2.35. The number of carbonyl (C=O) groups is 2. The fourth-order valence-corrected chi connectivity index (χ4v) is 4.29. The van der Waals surface area contributed by atoms with Gasteiger partial charge < -0.3 is 15.2 Å². The number of hydrogen-bond acceptors (Lipinski definition) is 5. The Kier molecular flexibility index (Phi) is 9.21. The lowest BCUT2D eigenvalue weighted by molar-refractivity contribution is -0.145. The molecule has 0 radical (unpaired) electrons. The molecule has 1 aromatic heterocycles. The number of carbonyl (C=O) groups excluding carboxylic acids is 1. The number of alkyl carbamates (subject to hydrolysis) is 1. The van der Waals surface area contributed by atoms with Crippen LogP contribution in [0.1, 0.15) is 39.4 Å². The molecule has 11 heteroatoms. The van der Waals surface area contributed by atoms with Gasteiger partial charge in [0.2, 0.25) is 0 Å². The van der Waals surface area contributed by atoms with Crippen LogP contribution >= 0.6 is 15.9 Å². The van der Waals surface area contributed by atoms with E-state index in [1.807, 2.05) is 0 Å². The van der Waals surface area contributed by atoms with Crippen molar-refractivity contribution in [3.8, 4) is 0 Å². The van der Waals surface area contributed by atoms with Crippen molar-refractivity contribution in [1.29, 1.82) is 0 Å². The Labute approximate surface area is 190 Å². The van der Waals surface area contributed by atoms with Crippen LogP contribution in [0.25, 0.3) is 0 Å². The monoisotopic (exact) mass is 521 g/mol. The number of nitrogens with one attached hydrogen (secondary N) is 2. The summed E-state index contributed by atoms with van der Waals surface area (Å²) < 4.78 is 20.7. The van der Waals surface area contributed by atoms with E-state index in [0.717, 1.165) is 6.04 Å². The molecule has 0 bridgehead atoms. The summed E-state index contributed by atoms with van der Waals surface area (Å²) in [6.45, 7) is 13.3.